The molecule has 26 heavy (non-hydrogen) atoms. The summed E-state index contributed by atoms with van der Waals surface area (Å²) < 4.78 is 0. The van der Waals surface area contributed by atoms with Crippen LogP contribution >= 0.6 is 11.6 Å². The Morgan fingerprint density at radius 2 is 1.77 bits per heavy atom. The van der Waals surface area contributed by atoms with E-state index in [1.165, 1.54) is 29.3 Å². The van der Waals surface area contributed by atoms with Crippen molar-refractivity contribution < 1.29 is 9.72 Å². The highest BCUT2D eigenvalue weighted by Gasteiger charge is 2.22. The number of hydrogen-bond acceptors (Lipinski definition) is 3. The van der Waals surface area contributed by atoms with Gasteiger partial charge in [0.1, 0.15) is 5.56 Å². The van der Waals surface area contributed by atoms with E-state index >= 15 is 0 Å². The first kappa shape index (κ1) is 16.3. The smallest absolute Gasteiger partial charge is 0.283 e. The van der Waals surface area contributed by atoms with E-state index in [0.717, 1.165) is 17.5 Å². The fraction of sp³-hybridized carbons (Fsp3) is 0.0500. The second-order valence-corrected chi connectivity index (χ2v) is 6.51. The van der Waals surface area contributed by atoms with Gasteiger partial charge >= 0.3 is 0 Å². The number of carbonyl (C=O) groups is 1. The van der Waals surface area contributed by atoms with Crippen molar-refractivity contribution in [1.29, 1.82) is 0 Å². The van der Waals surface area contributed by atoms with Crippen LogP contribution in [0.4, 0.5) is 11.4 Å². The number of halogens is 1. The maximum absolute atomic E-state index is 12.5. The molecule has 0 atom stereocenters. The summed E-state index contributed by atoms with van der Waals surface area (Å²) in [5.74, 6) is -0.538. The largest absolute Gasteiger partial charge is 0.322 e. The van der Waals surface area contributed by atoms with Crippen LogP contribution < -0.4 is 5.32 Å². The Balaban J connectivity index is 1.62. The van der Waals surface area contributed by atoms with Crippen LogP contribution in [0, 0.1) is 10.1 Å². The zero-order chi connectivity index (χ0) is 18.3. The van der Waals surface area contributed by atoms with E-state index < -0.39 is 10.8 Å². The van der Waals surface area contributed by atoms with Crippen LogP contribution in [0.25, 0.3) is 11.1 Å². The summed E-state index contributed by atoms with van der Waals surface area (Å²) >= 11 is 5.80. The van der Waals surface area contributed by atoms with Gasteiger partial charge in [0.15, 0.2) is 0 Å². The van der Waals surface area contributed by atoms with Gasteiger partial charge in [0, 0.05) is 16.8 Å². The molecule has 128 valence electrons. The normalized spacial score (nSPS) is 11.6. The van der Waals surface area contributed by atoms with Crippen molar-refractivity contribution in [3.63, 3.8) is 0 Å². The number of carbonyl (C=O) groups excluding carboxylic acids is 1. The second-order valence-electron chi connectivity index (χ2n) is 6.08. The van der Waals surface area contributed by atoms with Crippen molar-refractivity contribution in [1.82, 2.24) is 0 Å². The zero-order valence-corrected chi connectivity index (χ0v) is 14.3. The molecule has 0 aromatic heterocycles. The van der Waals surface area contributed by atoms with Crippen LogP contribution in [0.5, 0.6) is 0 Å². The van der Waals surface area contributed by atoms with E-state index in [4.69, 9.17) is 11.6 Å². The number of hydrogen-bond donors (Lipinski definition) is 1. The SMILES string of the molecule is O=C(Nc1ccc2c(c1)Cc1ccccc1-2)c1ccc(Cl)cc1[N+](=O)[O-]. The maximum Gasteiger partial charge on any atom is 0.283 e. The number of nitro groups is 1. The maximum atomic E-state index is 12.5. The summed E-state index contributed by atoms with van der Waals surface area (Å²) in [4.78, 5) is 23.1. The molecule has 4 rings (SSSR count). The Hall–Kier alpha value is -3.18. The molecule has 0 unspecified atom stereocenters. The number of nitro benzene ring substituents is 1. The first-order valence-corrected chi connectivity index (χ1v) is 8.37. The number of fused-ring (bicyclic) bond motifs is 3. The predicted molar refractivity (Wildman–Crippen MR) is 101 cm³/mol. The highest BCUT2D eigenvalue weighted by molar-refractivity contribution is 6.31. The predicted octanol–water partition coefficient (Wildman–Crippen LogP) is 5.07. The summed E-state index contributed by atoms with van der Waals surface area (Å²) in [6.45, 7) is 0. The van der Waals surface area contributed by atoms with Crippen LogP contribution in [0.2, 0.25) is 5.02 Å². The molecule has 3 aromatic carbocycles. The second kappa shape index (κ2) is 6.28. The average Bonchev–Trinajstić information content (AvgIpc) is 2.99. The molecule has 5 nitrogen and oxygen atoms in total. The van der Waals surface area contributed by atoms with Gasteiger partial charge in [-0.05, 0) is 52.9 Å². The van der Waals surface area contributed by atoms with E-state index in [2.05, 4.69) is 17.4 Å². The van der Waals surface area contributed by atoms with Crippen molar-refractivity contribution >= 4 is 28.9 Å². The van der Waals surface area contributed by atoms with Gasteiger partial charge in [0.2, 0.25) is 0 Å². The Morgan fingerprint density at radius 3 is 2.58 bits per heavy atom. The molecule has 0 aliphatic heterocycles. The fourth-order valence-electron chi connectivity index (χ4n) is 3.27. The molecular formula is C20H13ClN2O3. The molecule has 1 N–H and O–H groups in total. The van der Waals surface area contributed by atoms with Crippen LogP contribution in [-0.2, 0) is 6.42 Å². The first-order chi connectivity index (χ1) is 12.5. The van der Waals surface area contributed by atoms with Crippen LogP contribution in [0.15, 0.2) is 60.7 Å². The highest BCUT2D eigenvalue weighted by atomic mass is 35.5. The van der Waals surface area contributed by atoms with Crippen LogP contribution in [-0.4, -0.2) is 10.8 Å². The number of nitrogens with one attached hydrogen (secondary N) is 1. The lowest BCUT2D eigenvalue weighted by molar-refractivity contribution is -0.385. The van der Waals surface area contributed by atoms with Gasteiger partial charge in [-0.15, -0.1) is 0 Å². The molecular weight excluding hydrogens is 352 g/mol. The number of amides is 1. The molecule has 1 aliphatic rings. The van der Waals surface area contributed by atoms with E-state index in [1.807, 2.05) is 24.3 Å². The summed E-state index contributed by atoms with van der Waals surface area (Å²) in [6, 6.07) is 17.9. The number of benzene rings is 3. The average molecular weight is 365 g/mol. The minimum absolute atomic E-state index is 0.0248. The highest BCUT2D eigenvalue weighted by Crippen LogP contribution is 2.37. The third kappa shape index (κ3) is 2.82. The van der Waals surface area contributed by atoms with Crippen molar-refractivity contribution in [2.45, 2.75) is 6.42 Å². The molecule has 0 spiro atoms. The monoisotopic (exact) mass is 364 g/mol. The summed E-state index contributed by atoms with van der Waals surface area (Å²) in [5.41, 5.74) is 4.98. The van der Waals surface area contributed by atoms with Crippen molar-refractivity contribution in [2.24, 2.45) is 0 Å². The standard InChI is InChI=1S/C20H13ClN2O3/c21-14-5-7-18(19(11-14)23(25)26)20(24)22-15-6-8-17-13(10-15)9-12-3-1-2-4-16(12)17/h1-8,10-11H,9H2,(H,22,24). The van der Waals surface area contributed by atoms with Gasteiger partial charge in [-0.3, -0.25) is 14.9 Å². The molecule has 0 saturated heterocycles. The summed E-state index contributed by atoms with van der Waals surface area (Å²) in [5, 5.41) is 14.1. The number of rotatable bonds is 3. The Morgan fingerprint density at radius 1 is 1.00 bits per heavy atom. The van der Waals surface area contributed by atoms with Crippen molar-refractivity contribution in [2.75, 3.05) is 5.32 Å². The molecule has 3 aromatic rings. The first-order valence-electron chi connectivity index (χ1n) is 7.99. The molecule has 0 saturated carbocycles. The van der Waals surface area contributed by atoms with Crippen molar-refractivity contribution in [3.8, 4) is 11.1 Å². The molecule has 1 aliphatic carbocycles. The lowest BCUT2D eigenvalue weighted by Crippen LogP contribution is -2.14. The quantitative estimate of drug-likeness (QED) is 0.407. The number of nitrogens with zero attached hydrogens (tertiary/aromatic N) is 1. The van der Waals surface area contributed by atoms with E-state index in [0.29, 0.717) is 5.69 Å². The fourth-order valence-corrected chi connectivity index (χ4v) is 3.44. The van der Waals surface area contributed by atoms with Crippen LogP contribution in [0.3, 0.4) is 0 Å². The molecule has 6 heteroatoms. The van der Waals surface area contributed by atoms with Crippen molar-refractivity contribution in [3.05, 3.63) is 92.5 Å². The summed E-state index contributed by atoms with van der Waals surface area (Å²) in [7, 11) is 0. The minimum Gasteiger partial charge on any atom is -0.322 e. The van der Waals surface area contributed by atoms with E-state index in [-0.39, 0.29) is 16.3 Å². The topological polar surface area (TPSA) is 72.2 Å². The third-order valence-electron chi connectivity index (χ3n) is 4.45. The van der Waals surface area contributed by atoms with Gasteiger partial charge in [-0.1, -0.05) is 41.9 Å². The number of anilines is 1. The molecule has 0 bridgehead atoms. The Kier molecular flexibility index (Phi) is 3.93. The summed E-state index contributed by atoms with van der Waals surface area (Å²) in [6.07, 6.45) is 0.802. The van der Waals surface area contributed by atoms with Gasteiger partial charge in [0.25, 0.3) is 11.6 Å². The van der Waals surface area contributed by atoms with E-state index in [9.17, 15) is 14.9 Å². The lowest BCUT2D eigenvalue weighted by atomic mass is 10.1. The zero-order valence-electron chi connectivity index (χ0n) is 13.5. The van der Waals surface area contributed by atoms with Gasteiger partial charge in [-0.25, -0.2) is 0 Å². The van der Waals surface area contributed by atoms with Crippen LogP contribution in [0.1, 0.15) is 21.5 Å². The van der Waals surface area contributed by atoms with E-state index in [1.54, 1.807) is 6.07 Å². The minimum atomic E-state index is -0.611. The molecule has 0 fully saturated rings. The Labute approximate surface area is 154 Å². The molecule has 0 radical (unpaired) electrons. The van der Waals surface area contributed by atoms with Gasteiger partial charge in [0.05, 0.1) is 4.92 Å². The lowest BCUT2D eigenvalue weighted by Gasteiger charge is -2.08. The Bertz CT molecular complexity index is 1060. The van der Waals surface area contributed by atoms with Gasteiger partial charge in [-0.2, -0.15) is 0 Å². The third-order valence-corrected chi connectivity index (χ3v) is 4.69. The molecule has 1 amide bonds. The van der Waals surface area contributed by atoms with Gasteiger partial charge < -0.3 is 5.32 Å². The molecule has 0 heterocycles.